The largest absolute Gasteiger partial charge is 0.319 e. The molecule has 0 bridgehead atoms. The van der Waals surface area contributed by atoms with E-state index in [1.165, 1.54) is 5.56 Å². The van der Waals surface area contributed by atoms with Crippen molar-refractivity contribution in [2.45, 2.75) is 6.42 Å². The molecule has 1 N–H and O–H groups in total. The van der Waals surface area contributed by atoms with Crippen molar-refractivity contribution in [1.82, 2.24) is 10.3 Å². The first-order chi connectivity index (χ1) is 5.33. The summed E-state index contributed by atoms with van der Waals surface area (Å²) in [5, 5.41) is 3.77. The van der Waals surface area contributed by atoms with Crippen molar-refractivity contribution in [3.8, 4) is 0 Å². The van der Waals surface area contributed by atoms with Crippen molar-refractivity contribution in [2.24, 2.45) is 0 Å². The van der Waals surface area contributed by atoms with Gasteiger partial charge in [-0.25, -0.2) is 0 Å². The van der Waals surface area contributed by atoms with Crippen LogP contribution in [0.5, 0.6) is 0 Å². The zero-order valence-corrected chi connectivity index (χ0v) is 7.23. The van der Waals surface area contributed by atoms with E-state index < -0.39 is 0 Å². The Bertz CT molecular complexity index is 225. The van der Waals surface area contributed by atoms with Gasteiger partial charge in [0.15, 0.2) is 0 Å². The summed E-state index contributed by atoms with van der Waals surface area (Å²) in [6, 6.07) is 1.94. The maximum absolute atomic E-state index is 5.74. The van der Waals surface area contributed by atoms with Gasteiger partial charge in [-0.1, -0.05) is 11.6 Å². The lowest BCUT2D eigenvalue weighted by Crippen LogP contribution is -2.10. The fraction of sp³-hybridized carbons (Fsp3) is 0.375. The van der Waals surface area contributed by atoms with Gasteiger partial charge in [-0.05, 0) is 31.6 Å². The van der Waals surface area contributed by atoms with E-state index in [1.54, 1.807) is 6.20 Å². The third-order valence-electron chi connectivity index (χ3n) is 1.43. The predicted octanol–water partition coefficient (Wildman–Crippen LogP) is 1.50. The molecule has 0 radical (unpaired) electrons. The third-order valence-corrected chi connectivity index (χ3v) is 1.63. The molecule has 1 rings (SSSR count). The van der Waals surface area contributed by atoms with E-state index in [9.17, 15) is 0 Å². The Morgan fingerprint density at radius 3 is 3.00 bits per heavy atom. The van der Waals surface area contributed by atoms with Crippen LogP contribution in [0.2, 0.25) is 5.02 Å². The van der Waals surface area contributed by atoms with Gasteiger partial charge in [0.2, 0.25) is 0 Å². The van der Waals surface area contributed by atoms with E-state index in [0.29, 0.717) is 5.02 Å². The summed E-state index contributed by atoms with van der Waals surface area (Å²) in [6.45, 7) is 0.960. The summed E-state index contributed by atoms with van der Waals surface area (Å²) < 4.78 is 0. The van der Waals surface area contributed by atoms with Gasteiger partial charge in [0.1, 0.15) is 0 Å². The highest BCUT2D eigenvalue weighted by Crippen LogP contribution is 2.08. The number of nitrogens with zero attached hydrogens (tertiary/aromatic N) is 1. The lowest BCUT2D eigenvalue weighted by Gasteiger charge is -1.99. The van der Waals surface area contributed by atoms with Crippen molar-refractivity contribution in [2.75, 3.05) is 13.6 Å². The second-order valence-electron chi connectivity index (χ2n) is 2.36. The lowest BCUT2D eigenvalue weighted by molar-refractivity contribution is 0.789. The van der Waals surface area contributed by atoms with Crippen LogP contribution in [0.25, 0.3) is 0 Å². The number of hydrogen-bond donors (Lipinski definition) is 1. The standard InChI is InChI=1S/C8H11ClN2/c1-10-3-2-7-4-8(9)6-11-5-7/h4-6,10H,2-3H2,1H3. The maximum atomic E-state index is 5.74. The fourth-order valence-corrected chi connectivity index (χ4v) is 1.06. The van der Waals surface area contributed by atoms with Crippen LogP contribution in [-0.4, -0.2) is 18.6 Å². The Labute approximate surface area is 71.6 Å². The Hall–Kier alpha value is -0.600. The van der Waals surface area contributed by atoms with Gasteiger partial charge in [0, 0.05) is 12.4 Å². The van der Waals surface area contributed by atoms with Crippen LogP contribution in [0.3, 0.4) is 0 Å². The number of aromatic nitrogens is 1. The highest BCUT2D eigenvalue weighted by Gasteiger charge is 1.92. The van der Waals surface area contributed by atoms with Crippen molar-refractivity contribution < 1.29 is 0 Å². The van der Waals surface area contributed by atoms with Crippen LogP contribution in [-0.2, 0) is 6.42 Å². The molecule has 1 aromatic heterocycles. The Balaban J connectivity index is 2.56. The van der Waals surface area contributed by atoms with Crippen LogP contribution in [0, 0.1) is 0 Å². The molecule has 0 saturated heterocycles. The Morgan fingerprint density at radius 1 is 1.55 bits per heavy atom. The quantitative estimate of drug-likeness (QED) is 0.744. The van der Waals surface area contributed by atoms with Crippen LogP contribution in [0.4, 0.5) is 0 Å². The second-order valence-corrected chi connectivity index (χ2v) is 2.80. The van der Waals surface area contributed by atoms with Gasteiger partial charge in [0.25, 0.3) is 0 Å². The molecule has 0 amide bonds. The first-order valence-electron chi connectivity index (χ1n) is 3.57. The molecule has 2 nitrogen and oxygen atoms in total. The minimum atomic E-state index is 0.707. The van der Waals surface area contributed by atoms with E-state index in [1.807, 2.05) is 19.3 Å². The molecule has 3 heteroatoms. The van der Waals surface area contributed by atoms with E-state index in [2.05, 4.69) is 10.3 Å². The van der Waals surface area contributed by atoms with Crippen LogP contribution >= 0.6 is 11.6 Å². The number of pyridine rings is 1. The molecule has 60 valence electrons. The van der Waals surface area contributed by atoms with Crippen molar-refractivity contribution in [3.63, 3.8) is 0 Å². The second kappa shape index (κ2) is 4.31. The normalized spacial score (nSPS) is 10.0. The average Bonchev–Trinajstić information content (AvgIpc) is 2.01. The first kappa shape index (κ1) is 8.50. The van der Waals surface area contributed by atoms with E-state index in [4.69, 9.17) is 11.6 Å². The van der Waals surface area contributed by atoms with Crippen molar-refractivity contribution in [3.05, 3.63) is 29.0 Å². The van der Waals surface area contributed by atoms with Crippen LogP contribution in [0.1, 0.15) is 5.56 Å². The molecule has 0 aliphatic carbocycles. The predicted molar refractivity (Wildman–Crippen MR) is 46.9 cm³/mol. The van der Waals surface area contributed by atoms with E-state index in [-0.39, 0.29) is 0 Å². The summed E-state index contributed by atoms with van der Waals surface area (Å²) in [6.07, 6.45) is 4.46. The molecule has 0 aromatic carbocycles. The fourth-order valence-electron chi connectivity index (χ4n) is 0.862. The Morgan fingerprint density at radius 2 is 2.36 bits per heavy atom. The van der Waals surface area contributed by atoms with Crippen molar-refractivity contribution in [1.29, 1.82) is 0 Å². The number of nitrogens with one attached hydrogen (secondary N) is 1. The van der Waals surface area contributed by atoms with Gasteiger partial charge in [-0.3, -0.25) is 4.98 Å². The summed E-state index contributed by atoms with van der Waals surface area (Å²) in [5.41, 5.74) is 1.17. The summed E-state index contributed by atoms with van der Waals surface area (Å²) >= 11 is 5.74. The summed E-state index contributed by atoms with van der Waals surface area (Å²) in [5.74, 6) is 0. The summed E-state index contributed by atoms with van der Waals surface area (Å²) in [7, 11) is 1.93. The molecule has 0 aliphatic rings. The average molecular weight is 171 g/mol. The molecule has 0 saturated carbocycles. The zero-order valence-electron chi connectivity index (χ0n) is 6.47. The smallest absolute Gasteiger partial charge is 0.0592 e. The molecule has 0 spiro atoms. The Kier molecular flexibility index (Phi) is 3.33. The van der Waals surface area contributed by atoms with Gasteiger partial charge in [-0.2, -0.15) is 0 Å². The number of hydrogen-bond acceptors (Lipinski definition) is 2. The molecular formula is C8H11ClN2. The minimum Gasteiger partial charge on any atom is -0.319 e. The number of likely N-dealkylation sites (N-methyl/N-ethyl adjacent to an activating group) is 1. The van der Waals surface area contributed by atoms with E-state index >= 15 is 0 Å². The van der Waals surface area contributed by atoms with Gasteiger partial charge < -0.3 is 5.32 Å². The first-order valence-corrected chi connectivity index (χ1v) is 3.95. The molecule has 0 atom stereocenters. The molecule has 0 fully saturated rings. The molecule has 11 heavy (non-hydrogen) atoms. The number of rotatable bonds is 3. The van der Waals surface area contributed by atoms with Crippen molar-refractivity contribution >= 4 is 11.6 Å². The number of halogens is 1. The van der Waals surface area contributed by atoms with Gasteiger partial charge >= 0.3 is 0 Å². The highest BCUT2D eigenvalue weighted by molar-refractivity contribution is 6.30. The van der Waals surface area contributed by atoms with E-state index in [0.717, 1.165) is 13.0 Å². The van der Waals surface area contributed by atoms with Gasteiger partial charge in [-0.15, -0.1) is 0 Å². The molecular weight excluding hydrogens is 160 g/mol. The SMILES string of the molecule is CNCCc1cncc(Cl)c1. The molecule has 0 aliphatic heterocycles. The maximum Gasteiger partial charge on any atom is 0.0592 e. The highest BCUT2D eigenvalue weighted by atomic mass is 35.5. The lowest BCUT2D eigenvalue weighted by atomic mass is 10.2. The molecule has 0 unspecified atom stereocenters. The summed E-state index contributed by atoms with van der Waals surface area (Å²) in [4.78, 5) is 3.98. The zero-order chi connectivity index (χ0) is 8.10. The molecule has 1 aromatic rings. The molecule has 1 heterocycles. The third kappa shape index (κ3) is 2.87. The van der Waals surface area contributed by atoms with Crippen LogP contribution < -0.4 is 5.32 Å². The minimum absolute atomic E-state index is 0.707. The van der Waals surface area contributed by atoms with Crippen LogP contribution in [0.15, 0.2) is 18.5 Å². The topological polar surface area (TPSA) is 24.9 Å². The monoisotopic (exact) mass is 170 g/mol. The van der Waals surface area contributed by atoms with Gasteiger partial charge in [0.05, 0.1) is 5.02 Å².